The van der Waals surface area contributed by atoms with Gasteiger partial charge < -0.3 is 10.1 Å². The first-order chi connectivity index (χ1) is 9.67. The van der Waals surface area contributed by atoms with Crippen molar-refractivity contribution >= 4 is 0 Å². The monoisotopic (exact) mass is 277 g/mol. The molecular weight excluding hydrogens is 246 g/mol. The molecule has 1 rings (SSSR count). The summed E-state index contributed by atoms with van der Waals surface area (Å²) in [5.41, 5.74) is 4.24. The van der Waals surface area contributed by atoms with Gasteiger partial charge in [0.25, 0.3) is 0 Å². The van der Waals surface area contributed by atoms with E-state index in [2.05, 4.69) is 51.2 Å². The summed E-state index contributed by atoms with van der Waals surface area (Å²) in [6, 6.07) is 7.33. The van der Waals surface area contributed by atoms with Crippen LogP contribution < -0.4 is 5.32 Å². The minimum Gasteiger partial charge on any atom is -0.382 e. The van der Waals surface area contributed by atoms with Gasteiger partial charge in [0, 0.05) is 19.3 Å². The summed E-state index contributed by atoms with van der Waals surface area (Å²) >= 11 is 0. The Morgan fingerprint density at radius 2 is 2.00 bits per heavy atom. The summed E-state index contributed by atoms with van der Waals surface area (Å²) in [5.74, 6) is 0. The van der Waals surface area contributed by atoms with Gasteiger partial charge in [0.05, 0.1) is 0 Å². The molecule has 0 spiro atoms. The molecule has 0 fully saturated rings. The molecule has 0 aliphatic rings. The van der Waals surface area contributed by atoms with Crippen LogP contribution in [0.1, 0.15) is 49.8 Å². The zero-order chi connectivity index (χ0) is 14.8. The van der Waals surface area contributed by atoms with Crippen molar-refractivity contribution in [2.24, 2.45) is 0 Å². The largest absolute Gasteiger partial charge is 0.382 e. The first-order valence-corrected chi connectivity index (χ1v) is 8.04. The van der Waals surface area contributed by atoms with Crippen LogP contribution >= 0.6 is 0 Å². The summed E-state index contributed by atoms with van der Waals surface area (Å²) in [6.45, 7) is 11.5. The Hall–Kier alpha value is -0.860. The van der Waals surface area contributed by atoms with E-state index in [9.17, 15) is 0 Å². The van der Waals surface area contributed by atoms with Crippen LogP contribution in [0.3, 0.4) is 0 Å². The van der Waals surface area contributed by atoms with Crippen LogP contribution in [-0.2, 0) is 11.2 Å². The second kappa shape index (κ2) is 9.95. The maximum atomic E-state index is 5.45. The molecular formula is C18H31NO. The number of nitrogens with one attached hydrogen (secondary N) is 1. The van der Waals surface area contributed by atoms with Crippen LogP contribution in [0.2, 0.25) is 0 Å². The van der Waals surface area contributed by atoms with Gasteiger partial charge in [-0.2, -0.15) is 0 Å². The minimum atomic E-state index is 0.566. The van der Waals surface area contributed by atoms with E-state index in [0.29, 0.717) is 6.04 Å². The molecule has 0 amide bonds. The molecule has 20 heavy (non-hydrogen) atoms. The van der Waals surface area contributed by atoms with E-state index >= 15 is 0 Å². The molecule has 0 saturated heterocycles. The first kappa shape index (κ1) is 17.2. The normalized spacial score (nSPS) is 12.6. The van der Waals surface area contributed by atoms with Gasteiger partial charge in [-0.15, -0.1) is 0 Å². The lowest BCUT2D eigenvalue weighted by Crippen LogP contribution is -2.32. The molecule has 0 aromatic heterocycles. The third-order valence-corrected chi connectivity index (χ3v) is 3.70. The van der Waals surface area contributed by atoms with Crippen molar-refractivity contribution in [1.82, 2.24) is 5.32 Å². The smallest absolute Gasteiger partial charge is 0.0466 e. The average molecular weight is 277 g/mol. The van der Waals surface area contributed by atoms with Crippen LogP contribution in [0.25, 0.3) is 0 Å². The number of aryl methyl sites for hydroxylation is 2. The number of rotatable bonds is 10. The molecule has 1 aromatic carbocycles. The Morgan fingerprint density at radius 1 is 1.20 bits per heavy atom. The second-order valence-corrected chi connectivity index (χ2v) is 5.62. The van der Waals surface area contributed by atoms with Crippen LogP contribution in [0.15, 0.2) is 18.2 Å². The van der Waals surface area contributed by atoms with Crippen molar-refractivity contribution in [2.75, 3.05) is 19.8 Å². The average Bonchev–Trinajstić information content (AvgIpc) is 2.44. The molecule has 0 bridgehead atoms. The van der Waals surface area contributed by atoms with Crippen molar-refractivity contribution < 1.29 is 4.74 Å². The number of hydrogen-bond donors (Lipinski definition) is 1. The molecule has 0 aliphatic heterocycles. The van der Waals surface area contributed by atoms with Gasteiger partial charge in [-0.05, 0) is 64.1 Å². The Bertz CT molecular complexity index is 376. The van der Waals surface area contributed by atoms with Gasteiger partial charge in [-0.3, -0.25) is 0 Å². The molecule has 2 heteroatoms. The van der Waals surface area contributed by atoms with Crippen molar-refractivity contribution in [3.8, 4) is 0 Å². The lowest BCUT2D eigenvalue weighted by atomic mass is 9.96. The van der Waals surface area contributed by atoms with E-state index in [1.54, 1.807) is 0 Å². The molecule has 1 N–H and O–H groups in total. The molecule has 0 heterocycles. The summed E-state index contributed by atoms with van der Waals surface area (Å²) in [4.78, 5) is 0. The Balaban J connectivity index is 2.55. The second-order valence-electron chi connectivity index (χ2n) is 5.62. The van der Waals surface area contributed by atoms with Crippen molar-refractivity contribution in [3.05, 3.63) is 34.9 Å². The van der Waals surface area contributed by atoms with Gasteiger partial charge in [-0.1, -0.05) is 30.7 Å². The van der Waals surface area contributed by atoms with Crippen LogP contribution in [0.5, 0.6) is 0 Å². The Labute approximate surface area is 124 Å². The minimum absolute atomic E-state index is 0.566. The molecule has 2 nitrogen and oxygen atoms in total. The van der Waals surface area contributed by atoms with E-state index in [4.69, 9.17) is 4.74 Å². The SMILES string of the molecule is CCCNC(CCCOCC)Cc1cc(C)ccc1C. The number of ether oxygens (including phenoxy) is 1. The van der Waals surface area contributed by atoms with E-state index in [1.807, 2.05) is 0 Å². The quantitative estimate of drug-likeness (QED) is 0.652. The van der Waals surface area contributed by atoms with Crippen LogP contribution in [-0.4, -0.2) is 25.8 Å². The molecule has 0 saturated carbocycles. The fourth-order valence-electron chi connectivity index (χ4n) is 2.49. The summed E-state index contributed by atoms with van der Waals surface area (Å²) in [7, 11) is 0. The van der Waals surface area contributed by atoms with Gasteiger partial charge in [0.2, 0.25) is 0 Å². The van der Waals surface area contributed by atoms with Crippen LogP contribution in [0.4, 0.5) is 0 Å². The van der Waals surface area contributed by atoms with Gasteiger partial charge in [0.15, 0.2) is 0 Å². The Kier molecular flexibility index (Phi) is 8.56. The van der Waals surface area contributed by atoms with Gasteiger partial charge >= 0.3 is 0 Å². The Morgan fingerprint density at radius 3 is 2.70 bits per heavy atom. The molecule has 1 unspecified atom stereocenters. The van der Waals surface area contributed by atoms with Crippen molar-refractivity contribution in [3.63, 3.8) is 0 Å². The van der Waals surface area contributed by atoms with E-state index < -0.39 is 0 Å². The fraction of sp³-hybridized carbons (Fsp3) is 0.667. The standard InChI is InChI=1S/C18H31NO/c1-5-11-19-18(8-7-12-20-6-2)14-17-13-15(3)9-10-16(17)4/h9-10,13,18-19H,5-8,11-12,14H2,1-4H3. The highest BCUT2D eigenvalue weighted by molar-refractivity contribution is 5.31. The predicted octanol–water partition coefficient (Wildman–Crippen LogP) is 4.03. The third-order valence-electron chi connectivity index (χ3n) is 3.70. The summed E-state index contributed by atoms with van der Waals surface area (Å²) < 4.78 is 5.45. The molecule has 0 aliphatic carbocycles. The lowest BCUT2D eigenvalue weighted by Gasteiger charge is -2.20. The molecule has 1 atom stereocenters. The van der Waals surface area contributed by atoms with Crippen LogP contribution in [0, 0.1) is 13.8 Å². The highest BCUT2D eigenvalue weighted by Gasteiger charge is 2.10. The zero-order valence-electron chi connectivity index (χ0n) is 13.7. The van der Waals surface area contributed by atoms with Crippen molar-refractivity contribution in [2.45, 2.75) is 59.4 Å². The van der Waals surface area contributed by atoms with E-state index in [0.717, 1.165) is 32.6 Å². The maximum Gasteiger partial charge on any atom is 0.0466 e. The van der Waals surface area contributed by atoms with E-state index in [1.165, 1.54) is 29.5 Å². The molecule has 114 valence electrons. The van der Waals surface area contributed by atoms with E-state index in [-0.39, 0.29) is 0 Å². The topological polar surface area (TPSA) is 21.3 Å². The van der Waals surface area contributed by atoms with Crippen molar-refractivity contribution in [1.29, 1.82) is 0 Å². The van der Waals surface area contributed by atoms with Gasteiger partial charge in [0.1, 0.15) is 0 Å². The highest BCUT2D eigenvalue weighted by atomic mass is 16.5. The first-order valence-electron chi connectivity index (χ1n) is 8.04. The molecule has 1 aromatic rings. The fourth-order valence-corrected chi connectivity index (χ4v) is 2.49. The summed E-state index contributed by atoms with van der Waals surface area (Å²) in [6.07, 6.45) is 4.64. The predicted molar refractivity (Wildman–Crippen MR) is 87.4 cm³/mol. The third kappa shape index (κ3) is 6.53. The highest BCUT2D eigenvalue weighted by Crippen LogP contribution is 2.15. The lowest BCUT2D eigenvalue weighted by molar-refractivity contribution is 0.140. The summed E-state index contributed by atoms with van der Waals surface area (Å²) in [5, 5.41) is 3.69. The molecule has 0 radical (unpaired) electrons. The maximum absolute atomic E-state index is 5.45. The number of hydrogen-bond acceptors (Lipinski definition) is 2. The zero-order valence-corrected chi connectivity index (χ0v) is 13.7. The number of benzene rings is 1. The van der Waals surface area contributed by atoms with Gasteiger partial charge in [-0.25, -0.2) is 0 Å².